The zero-order valence-electron chi connectivity index (χ0n) is 19.8. The van der Waals surface area contributed by atoms with Crippen LogP contribution in [0.3, 0.4) is 0 Å². The van der Waals surface area contributed by atoms with Crippen molar-refractivity contribution in [1.29, 1.82) is 0 Å². The van der Waals surface area contributed by atoms with Crippen LogP contribution in [0.2, 0.25) is 0 Å². The van der Waals surface area contributed by atoms with Gasteiger partial charge in [-0.15, -0.1) is 0 Å². The zero-order chi connectivity index (χ0) is 24.1. The van der Waals surface area contributed by atoms with Gasteiger partial charge in [0.2, 0.25) is 0 Å². The van der Waals surface area contributed by atoms with Gasteiger partial charge in [0.05, 0.1) is 17.6 Å². The summed E-state index contributed by atoms with van der Waals surface area (Å²) < 4.78 is 26.9. The van der Waals surface area contributed by atoms with E-state index in [2.05, 4.69) is 29.7 Å². The molecule has 4 atom stereocenters. The quantitative estimate of drug-likeness (QED) is 0.413. The third-order valence-electron chi connectivity index (χ3n) is 8.08. The number of non-ortho nitro benzene ring substituents is 1. The lowest BCUT2D eigenvalue weighted by atomic mass is 9.99. The molecule has 7 nitrogen and oxygen atoms in total. The number of ether oxygens (including phenoxy) is 2. The van der Waals surface area contributed by atoms with Gasteiger partial charge >= 0.3 is 0 Å². The minimum absolute atomic E-state index is 0.0300. The van der Waals surface area contributed by atoms with Crippen molar-refractivity contribution in [3.63, 3.8) is 0 Å². The van der Waals surface area contributed by atoms with Crippen LogP contribution in [0.25, 0.3) is 5.76 Å². The van der Waals surface area contributed by atoms with Gasteiger partial charge in [-0.3, -0.25) is 10.1 Å². The Kier molecular flexibility index (Phi) is 5.63. The molecule has 4 unspecified atom stereocenters. The van der Waals surface area contributed by atoms with E-state index in [9.17, 15) is 14.5 Å². The number of benzene rings is 2. The molecule has 2 aliphatic carbocycles. The highest BCUT2D eigenvalue weighted by Crippen LogP contribution is 2.52. The van der Waals surface area contributed by atoms with Gasteiger partial charge in [-0.2, -0.15) is 0 Å². The molecular weight excluding hydrogens is 449 g/mol. The van der Waals surface area contributed by atoms with Crippen LogP contribution in [0.5, 0.6) is 11.5 Å². The molecule has 3 fully saturated rings. The van der Waals surface area contributed by atoms with Crippen molar-refractivity contribution < 1.29 is 18.8 Å². The Bertz CT molecular complexity index is 1190. The number of halogens is 1. The number of rotatable bonds is 7. The van der Waals surface area contributed by atoms with Gasteiger partial charge in [0.1, 0.15) is 11.5 Å². The maximum Gasteiger partial charge on any atom is 0.272 e. The van der Waals surface area contributed by atoms with Gasteiger partial charge in [0.15, 0.2) is 11.6 Å². The predicted octanol–water partition coefficient (Wildman–Crippen LogP) is 5.33. The number of nitrogens with zero attached hydrogens (tertiary/aromatic N) is 1. The first kappa shape index (κ1) is 22.3. The van der Waals surface area contributed by atoms with Crippen LogP contribution in [-0.4, -0.2) is 31.2 Å². The Morgan fingerprint density at radius 2 is 1.89 bits per heavy atom. The van der Waals surface area contributed by atoms with E-state index in [1.165, 1.54) is 30.5 Å². The van der Waals surface area contributed by atoms with Crippen molar-refractivity contribution in [1.82, 2.24) is 5.32 Å². The molecule has 2 N–H and O–H groups in total. The van der Waals surface area contributed by atoms with E-state index in [1.807, 2.05) is 6.08 Å². The number of anilines is 1. The Morgan fingerprint density at radius 3 is 2.57 bits per heavy atom. The van der Waals surface area contributed by atoms with E-state index >= 15 is 0 Å². The minimum Gasteiger partial charge on any atom is -0.493 e. The van der Waals surface area contributed by atoms with Crippen molar-refractivity contribution in [2.24, 2.45) is 23.7 Å². The van der Waals surface area contributed by atoms with E-state index in [-0.39, 0.29) is 11.4 Å². The van der Waals surface area contributed by atoms with Crippen LogP contribution >= 0.6 is 0 Å². The Morgan fingerprint density at radius 1 is 1.11 bits per heavy atom. The first-order valence-corrected chi connectivity index (χ1v) is 12.5. The summed E-state index contributed by atoms with van der Waals surface area (Å²) in [6.45, 7) is 5.80. The first-order chi connectivity index (χ1) is 17.0. The topological polar surface area (TPSA) is 85.7 Å². The molecule has 0 radical (unpaired) electrons. The Balaban J connectivity index is 1.24. The fraction of sp³-hybridized carbons (Fsp3) is 0.481. The third kappa shape index (κ3) is 4.35. The summed E-state index contributed by atoms with van der Waals surface area (Å²) in [7, 11) is 0. The van der Waals surface area contributed by atoms with E-state index < -0.39 is 10.7 Å². The molecule has 0 bridgehead atoms. The lowest BCUT2D eigenvalue weighted by molar-refractivity contribution is -0.385. The molecular formula is C27H30FN3O4. The lowest BCUT2D eigenvalue weighted by Crippen LogP contribution is -2.17. The van der Waals surface area contributed by atoms with E-state index in [0.29, 0.717) is 30.1 Å². The van der Waals surface area contributed by atoms with Crippen LogP contribution in [0.4, 0.5) is 15.8 Å². The van der Waals surface area contributed by atoms with Gasteiger partial charge in [-0.05, 0) is 85.7 Å². The predicted molar refractivity (Wildman–Crippen MR) is 131 cm³/mol. The van der Waals surface area contributed by atoms with Gasteiger partial charge < -0.3 is 20.1 Å². The molecule has 2 saturated carbocycles. The maximum atomic E-state index is 14.5. The van der Waals surface area contributed by atoms with Crippen LogP contribution in [0, 0.1) is 39.6 Å². The van der Waals surface area contributed by atoms with E-state index in [1.54, 1.807) is 0 Å². The SMILES string of the molecule is CC1CC1c1cc2c(cc1OCC1CC3CNCC3C1)NCC=C2Oc1ccc([N+](=O)[O-])cc1F. The summed E-state index contributed by atoms with van der Waals surface area (Å²) in [4.78, 5) is 10.3. The smallest absolute Gasteiger partial charge is 0.272 e. The molecule has 2 aromatic carbocycles. The van der Waals surface area contributed by atoms with Gasteiger partial charge in [-0.25, -0.2) is 4.39 Å². The highest BCUT2D eigenvalue weighted by Gasteiger charge is 2.39. The summed E-state index contributed by atoms with van der Waals surface area (Å²) in [6, 6.07) is 7.63. The second kappa shape index (κ2) is 8.82. The molecule has 2 aliphatic heterocycles. The highest BCUT2D eigenvalue weighted by atomic mass is 19.1. The Hall–Kier alpha value is -3.13. The standard InChI is InChI=1S/C27H30FN3O4/c1-15-6-20(15)21-10-22-24(11-27(21)34-14-16-7-17-12-29-13-18(17)8-16)30-5-4-25(22)35-26-3-2-19(31(32)33)9-23(26)28/h2-4,9-11,15-18,20,29-30H,5-8,12-14H2,1H3. The first-order valence-electron chi connectivity index (χ1n) is 12.5. The van der Waals surface area contributed by atoms with Crippen molar-refractivity contribution in [3.8, 4) is 11.5 Å². The number of fused-ring (bicyclic) bond motifs is 2. The van der Waals surface area contributed by atoms with Crippen molar-refractivity contribution in [3.05, 3.63) is 63.5 Å². The molecule has 35 heavy (non-hydrogen) atoms. The average Bonchev–Trinajstić information content (AvgIpc) is 3.21. The molecule has 0 aromatic heterocycles. The number of hydrogen-bond acceptors (Lipinski definition) is 6. The molecule has 2 aromatic rings. The number of nitro benzene ring substituents is 1. The van der Waals surface area contributed by atoms with Crippen molar-refractivity contribution in [2.45, 2.75) is 32.1 Å². The fourth-order valence-corrected chi connectivity index (χ4v) is 6.02. The second-order valence-corrected chi connectivity index (χ2v) is 10.5. The third-order valence-corrected chi connectivity index (χ3v) is 8.08. The average molecular weight is 480 g/mol. The zero-order valence-corrected chi connectivity index (χ0v) is 19.8. The van der Waals surface area contributed by atoms with Crippen LogP contribution < -0.4 is 20.1 Å². The van der Waals surface area contributed by atoms with E-state index in [0.717, 1.165) is 61.0 Å². The summed E-state index contributed by atoms with van der Waals surface area (Å²) in [6.07, 6.45) is 5.46. The summed E-state index contributed by atoms with van der Waals surface area (Å²) in [5.74, 6) is 3.93. The molecule has 2 heterocycles. The van der Waals surface area contributed by atoms with Gasteiger partial charge in [0, 0.05) is 29.9 Å². The van der Waals surface area contributed by atoms with E-state index in [4.69, 9.17) is 9.47 Å². The molecule has 184 valence electrons. The van der Waals surface area contributed by atoms with Crippen molar-refractivity contribution in [2.75, 3.05) is 31.6 Å². The summed E-state index contributed by atoms with van der Waals surface area (Å²) >= 11 is 0. The number of nitro groups is 1. The highest BCUT2D eigenvalue weighted by molar-refractivity contribution is 5.79. The number of hydrogen-bond donors (Lipinski definition) is 2. The molecule has 0 spiro atoms. The monoisotopic (exact) mass is 479 g/mol. The Labute approximate surface area is 203 Å². The summed E-state index contributed by atoms with van der Waals surface area (Å²) in [5, 5.41) is 17.8. The maximum absolute atomic E-state index is 14.5. The summed E-state index contributed by atoms with van der Waals surface area (Å²) in [5.41, 5.74) is 2.63. The van der Waals surface area contributed by atoms with Gasteiger partial charge in [0.25, 0.3) is 5.69 Å². The fourth-order valence-electron chi connectivity index (χ4n) is 6.02. The molecule has 0 amide bonds. The molecule has 1 saturated heterocycles. The lowest BCUT2D eigenvalue weighted by Gasteiger charge is -2.24. The van der Waals surface area contributed by atoms with Crippen molar-refractivity contribution >= 4 is 17.1 Å². The largest absolute Gasteiger partial charge is 0.493 e. The molecule has 8 heteroatoms. The minimum atomic E-state index is -0.757. The van der Waals surface area contributed by atoms with Crippen LogP contribution in [-0.2, 0) is 0 Å². The second-order valence-electron chi connectivity index (χ2n) is 10.5. The van der Waals surface area contributed by atoms with Crippen LogP contribution in [0.15, 0.2) is 36.4 Å². The van der Waals surface area contributed by atoms with Crippen LogP contribution in [0.1, 0.15) is 43.2 Å². The molecule has 4 aliphatic rings. The van der Waals surface area contributed by atoms with Gasteiger partial charge in [-0.1, -0.05) is 6.92 Å². The normalized spacial score (nSPS) is 28.5. The number of nitrogens with one attached hydrogen (secondary N) is 2. The molecule has 6 rings (SSSR count).